The van der Waals surface area contributed by atoms with Crippen molar-refractivity contribution < 1.29 is 5.11 Å². The number of hydrogen-bond acceptors (Lipinski definition) is 5. The van der Waals surface area contributed by atoms with Gasteiger partial charge in [0.25, 0.3) is 0 Å². The predicted molar refractivity (Wildman–Crippen MR) is 79.3 cm³/mol. The third kappa shape index (κ3) is 4.35. The van der Waals surface area contributed by atoms with Gasteiger partial charge < -0.3 is 16.2 Å². The number of aromatic nitrogens is 2. The summed E-state index contributed by atoms with van der Waals surface area (Å²) in [6.45, 7) is 10.7. The van der Waals surface area contributed by atoms with Gasteiger partial charge in [-0.2, -0.15) is 0 Å². The van der Waals surface area contributed by atoms with E-state index in [1.165, 1.54) is 0 Å². The number of nitrogens with zero attached hydrogens (tertiary/aromatic N) is 2. The number of anilines is 2. The predicted octanol–water partition coefficient (Wildman–Crippen LogP) is 2.24. The Morgan fingerprint density at radius 2 is 1.95 bits per heavy atom. The molecule has 0 aromatic carbocycles. The SMILES string of the molecule is CCC(O)CCNc1nc(C(C)(C)C)nc(N)c1C. The summed E-state index contributed by atoms with van der Waals surface area (Å²) in [6, 6.07) is 0. The normalized spacial score (nSPS) is 13.4. The van der Waals surface area contributed by atoms with Crippen molar-refractivity contribution in [2.45, 2.75) is 59.0 Å². The van der Waals surface area contributed by atoms with Gasteiger partial charge in [0.1, 0.15) is 17.5 Å². The molecule has 1 aromatic heterocycles. The first-order chi connectivity index (χ1) is 8.75. The third-order valence-electron chi connectivity index (χ3n) is 3.10. The summed E-state index contributed by atoms with van der Waals surface area (Å²) in [6.07, 6.45) is 1.19. The molecule has 4 N–H and O–H groups in total. The molecule has 1 atom stereocenters. The number of nitrogens with two attached hydrogens (primary N) is 1. The van der Waals surface area contributed by atoms with Crippen molar-refractivity contribution in [3.63, 3.8) is 0 Å². The molecule has 0 spiro atoms. The summed E-state index contributed by atoms with van der Waals surface area (Å²) in [5.41, 5.74) is 6.66. The van der Waals surface area contributed by atoms with Crippen molar-refractivity contribution in [2.24, 2.45) is 0 Å². The second-order valence-electron chi connectivity index (χ2n) is 5.93. The first-order valence-electron chi connectivity index (χ1n) is 6.82. The Hall–Kier alpha value is -1.36. The molecule has 1 aromatic rings. The molecule has 0 amide bonds. The molecule has 0 aliphatic carbocycles. The highest BCUT2D eigenvalue weighted by Gasteiger charge is 2.20. The molecular weight excluding hydrogens is 240 g/mol. The van der Waals surface area contributed by atoms with Gasteiger partial charge in [0, 0.05) is 17.5 Å². The quantitative estimate of drug-likeness (QED) is 0.761. The number of hydrogen-bond donors (Lipinski definition) is 3. The summed E-state index contributed by atoms with van der Waals surface area (Å²) >= 11 is 0. The van der Waals surface area contributed by atoms with Crippen LogP contribution in [0.3, 0.4) is 0 Å². The second-order valence-corrected chi connectivity index (χ2v) is 5.93. The van der Waals surface area contributed by atoms with E-state index in [1.807, 2.05) is 13.8 Å². The fourth-order valence-electron chi connectivity index (χ4n) is 1.60. The standard InChI is InChI=1S/C14H26N4O/c1-6-10(19)7-8-16-12-9(2)11(15)17-13(18-12)14(3,4)5/h10,19H,6-8H2,1-5H3,(H3,15,16,17,18). The van der Waals surface area contributed by atoms with Gasteiger partial charge in [0.2, 0.25) is 0 Å². The zero-order chi connectivity index (χ0) is 14.6. The molecule has 108 valence electrons. The number of rotatable bonds is 5. The highest BCUT2D eigenvalue weighted by atomic mass is 16.3. The van der Waals surface area contributed by atoms with Crippen molar-refractivity contribution in [1.29, 1.82) is 0 Å². The number of aliphatic hydroxyl groups excluding tert-OH is 1. The largest absolute Gasteiger partial charge is 0.393 e. The van der Waals surface area contributed by atoms with Gasteiger partial charge in [-0.25, -0.2) is 9.97 Å². The number of aliphatic hydroxyl groups is 1. The fourth-order valence-corrected chi connectivity index (χ4v) is 1.60. The van der Waals surface area contributed by atoms with E-state index in [0.29, 0.717) is 18.8 Å². The van der Waals surface area contributed by atoms with E-state index in [4.69, 9.17) is 5.73 Å². The average Bonchev–Trinajstić information content (AvgIpc) is 2.32. The minimum Gasteiger partial charge on any atom is -0.393 e. The lowest BCUT2D eigenvalue weighted by Crippen LogP contribution is -2.20. The first kappa shape index (κ1) is 15.7. The Labute approximate surface area is 115 Å². The lowest BCUT2D eigenvalue weighted by atomic mass is 9.95. The lowest BCUT2D eigenvalue weighted by Gasteiger charge is -2.20. The van der Waals surface area contributed by atoms with Gasteiger partial charge in [0.05, 0.1) is 6.10 Å². The topological polar surface area (TPSA) is 84.1 Å². The van der Waals surface area contributed by atoms with Crippen LogP contribution in [0.2, 0.25) is 0 Å². The van der Waals surface area contributed by atoms with E-state index in [-0.39, 0.29) is 11.5 Å². The van der Waals surface area contributed by atoms with Crippen LogP contribution < -0.4 is 11.1 Å². The average molecular weight is 266 g/mol. The minimum atomic E-state index is -0.269. The van der Waals surface area contributed by atoms with E-state index in [2.05, 4.69) is 36.1 Å². The molecule has 0 saturated heterocycles. The van der Waals surface area contributed by atoms with Crippen LogP contribution in [-0.4, -0.2) is 27.7 Å². The van der Waals surface area contributed by atoms with Gasteiger partial charge in [-0.05, 0) is 19.8 Å². The molecule has 0 radical (unpaired) electrons. The van der Waals surface area contributed by atoms with E-state index in [0.717, 1.165) is 23.6 Å². The van der Waals surface area contributed by atoms with Crippen molar-refractivity contribution in [3.8, 4) is 0 Å². The van der Waals surface area contributed by atoms with E-state index >= 15 is 0 Å². The maximum atomic E-state index is 9.55. The van der Waals surface area contributed by atoms with Crippen molar-refractivity contribution in [3.05, 3.63) is 11.4 Å². The Morgan fingerprint density at radius 3 is 2.47 bits per heavy atom. The first-order valence-corrected chi connectivity index (χ1v) is 6.82. The molecule has 0 saturated carbocycles. The van der Waals surface area contributed by atoms with Crippen LogP contribution in [0.15, 0.2) is 0 Å². The number of nitrogens with one attached hydrogen (secondary N) is 1. The van der Waals surface area contributed by atoms with Crippen molar-refractivity contribution in [2.75, 3.05) is 17.6 Å². The molecule has 0 fully saturated rings. The highest BCUT2D eigenvalue weighted by molar-refractivity contribution is 5.55. The molecular formula is C14H26N4O. The van der Waals surface area contributed by atoms with Crippen molar-refractivity contribution in [1.82, 2.24) is 9.97 Å². The lowest BCUT2D eigenvalue weighted by molar-refractivity contribution is 0.164. The van der Waals surface area contributed by atoms with Crippen LogP contribution in [-0.2, 0) is 5.41 Å². The molecule has 1 unspecified atom stereocenters. The molecule has 0 aliphatic rings. The monoisotopic (exact) mass is 266 g/mol. The minimum absolute atomic E-state index is 0.138. The smallest absolute Gasteiger partial charge is 0.138 e. The highest BCUT2D eigenvalue weighted by Crippen LogP contribution is 2.24. The van der Waals surface area contributed by atoms with Crippen LogP contribution in [0.25, 0.3) is 0 Å². The van der Waals surface area contributed by atoms with Gasteiger partial charge >= 0.3 is 0 Å². The summed E-state index contributed by atoms with van der Waals surface area (Å²) in [7, 11) is 0. The van der Waals surface area contributed by atoms with Crippen LogP contribution in [0, 0.1) is 6.92 Å². The Balaban J connectivity index is 2.85. The van der Waals surface area contributed by atoms with Gasteiger partial charge in [-0.1, -0.05) is 27.7 Å². The number of nitrogen functional groups attached to an aromatic ring is 1. The summed E-state index contributed by atoms with van der Waals surface area (Å²) in [5, 5.41) is 12.8. The van der Waals surface area contributed by atoms with Crippen LogP contribution in [0.1, 0.15) is 51.9 Å². The van der Waals surface area contributed by atoms with Crippen LogP contribution >= 0.6 is 0 Å². The zero-order valence-corrected chi connectivity index (χ0v) is 12.6. The van der Waals surface area contributed by atoms with Gasteiger partial charge in [0.15, 0.2) is 0 Å². The molecule has 0 bridgehead atoms. The molecule has 19 heavy (non-hydrogen) atoms. The molecule has 1 rings (SSSR count). The molecule has 0 aliphatic heterocycles. The third-order valence-corrected chi connectivity index (χ3v) is 3.10. The van der Waals surface area contributed by atoms with Crippen LogP contribution in [0.5, 0.6) is 0 Å². The van der Waals surface area contributed by atoms with Crippen molar-refractivity contribution >= 4 is 11.6 Å². The maximum Gasteiger partial charge on any atom is 0.138 e. The summed E-state index contributed by atoms with van der Waals surface area (Å²) in [5.74, 6) is 2.01. The van der Waals surface area contributed by atoms with E-state index < -0.39 is 0 Å². The Bertz CT molecular complexity index is 426. The fraction of sp³-hybridized carbons (Fsp3) is 0.714. The maximum absolute atomic E-state index is 9.55. The Kier molecular flexibility index (Phi) is 5.11. The molecule has 1 heterocycles. The Morgan fingerprint density at radius 1 is 1.32 bits per heavy atom. The molecule has 5 nitrogen and oxygen atoms in total. The van der Waals surface area contributed by atoms with Crippen LogP contribution in [0.4, 0.5) is 11.6 Å². The van der Waals surface area contributed by atoms with E-state index in [1.54, 1.807) is 0 Å². The summed E-state index contributed by atoms with van der Waals surface area (Å²) < 4.78 is 0. The van der Waals surface area contributed by atoms with Gasteiger partial charge in [-0.3, -0.25) is 0 Å². The second kappa shape index (κ2) is 6.19. The zero-order valence-electron chi connectivity index (χ0n) is 12.6. The summed E-state index contributed by atoms with van der Waals surface area (Å²) in [4.78, 5) is 8.88. The van der Waals surface area contributed by atoms with E-state index in [9.17, 15) is 5.11 Å². The molecule has 5 heteroatoms. The van der Waals surface area contributed by atoms with Gasteiger partial charge in [-0.15, -0.1) is 0 Å².